The molecule has 0 amide bonds. The Morgan fingerprint density at radius 1 is 1.23 bits per heavy atom. The molecular formula is C19H36O6Si. The molecule has 6 nitrogen and oxygen atoms in total. The lowest BCUT2D eigenvalue weighted by atomic mass is 10.0. The van der Waals surface area contributed by atoms with Crippen LogP contribution in [0.3, 0.4) is 0 Å². The first-order valence-corrected chi connectivity index (χ1v) is 12.5. The first kappa shape index (κ1) is 21.8. The summed E-state index contributed by atoms with van der Waals surface area (Å²) in [5.41, 5.74) is 0. The van der Waals surface area contributed by atoms with Crippen LogP contribution in [-0.4, -0.2) is 58.2 Å². The fourth-order valence-electron chi connectivity index (χ4n) is 3.18. The summed E-state index contributed by atoms with van der Waals surface area (Å²) >= 11 is 0. The topological polar surface area (TPSA) is 63.2 Å². The number of hydrogen-bond donors (Lipinski definition) is 0. The van der Waals surface area contributed by atoms with E-state index < -0.39 is 14.1 Å². The second-order valence-electron chi connectivity index (χ2n) is 9.36. The van der Waals surface area contributed by atoms with Crippen LogP contribution in [0.2, 0.25) is 18.1 Å². The van der Waals surface area contributed by atoms with Crippen LogP contribution in [0.5, 0.6) is 0 Å². The monoisotopic (exact) mass is 388 g/mol. The van der Waals surface area contributed by atoms with Crippen LogP contribution in [0, 0.1) is 0 Å². The van der Waals surface area contributed by atoms with E-state index in [1.807, 2.05) is 13.8 Å². The summed E-state index contributed by atoms with van der Waals surface area (Å²) in [5, 5.41) is 0.0876. The lowest BCUT2D eigenvalue weighted by molar-refractivity contribution is -0.162. The predicted molar refractivity (Wildman–Crippen MR) is 102 cm³/mol. The van der Waals surface area contributed by atoms with Gasteiger partial charge < -0.3 is 23.4 Å². The average molecular weight is 389 g/mol. The van der Waals surface area contributed by atoms with Crippen LogP contribution in [0.1, 0.15) is 53.9 Å². The fraction of sp³-hybridized carbons (Fsp3) is 0.947. The van der Waals surface area contributed by atoms with Crippen molar-refractivity contribution in [1.82, 2.24) is 0 Å². The molecule has 0 aromatic heterocycles. The van der Waals surface area contributed by atoms with Gasteiger partial charge in [0.05, 0.1) is 38.4 Å². The number of hydrogen-bond acceptors (Lipinski definition) is 6. The van der Waals surface area contributed by atoms with Crippen molar-refractivity contribution in [2.45, 2.75) is 102 Å². The van der Waals surface area contributed by atoms with E-state index in [1.54, 1.807) is 0 Å². The molecule has 2 aliphatic heterocycles. The van der Waals surface area contributed by atoms with E-state index >= 15 is 0 Å². The van der Waals surface area contributed by atoms with Gasteiger partial charge in [0.1, 0.15) is 6.10 Å². The molecule has 0 aliphatic carbocycles. The number of rotatable bonds is 6. The van der Waals surface area contributed by atoms with E-state index in [4.69, 9.17) is 23.4 Å². The summed E-state index contributed by atoms with van der Waals surface area (Å²) in [6.45, 7) is 15.5. The third-order valence-electron chi connectivity index (χ3n) is 5.76. The van der Waals surface area contributed by atoms with Crippen LogP contribution in [-0.2, 0) is 28.2 Å². The molecule has 2 saturated heterocycles. The Hall–Kier alpha value is -0.473. The van der Waals surface area contributed by atoms with Gasteiger partial charge in [-0.1, -0.05) is 20.8 Å². The molecule has 0 bridgehead atoms. The summed E-state index contributed by atoms with van der Waals surface area (Å²) in [5.74, 6) is -0.844. The second-order valence-corrected chi connectivity index (χ2v) is 14.1. The highest BCUT2D eigenvalue weighted by molar-refractivity contribution is 6.74. The molecule has 4 atom stereocenters. The zero-order valence-electron chi connectivity index (χ0n) is 17.6. The van der Waals surface area contributed by atoms with Gasteiger partial charge in [-0.15, -0.1) is 0 Å². The molecule has 152 valence electrons. The van der Waals surface area contributed by atoms with Gasteiger partial charge in [-0.3, -0.25) is 4.79 Å². The van der Waals surface area contributed by atoms with Crippen molar-refractivity contribution < 1.29 is 28.2 Å². The minimum atomic E-state index is -2.02. The third-order valence-corrected chi connectivity index (χ3v) is 10.2. The van der Waals surface area contributed by atoms with Gasteiger partial charge >= 0.3 is 5.97 Å². The van der Waals surface area contributed by atoms with Gasteiger partial charge in [-0.25, -0.2) is 0 Å². The Labute approximate surface area is 159 Å². The van der Waals surface area contributed by atoms with Crippen LogP contribution in [0.4, 0.5) is 0 Å². The van der Waals surface area contributed by atoms with Crippen LogP contribution in [0.15, 0.2) is 0 Å². The van der Waals surface area contributed by atoms with E-state index in [0.29, 0.717) is 6.61 Å². The van der Waals surface area contributed by atoms with Gasteiger partial charge in [0.2, 0.25) is 0 Å². The van der Waals surface area contributed by atoms with E-state index in [9.17, 15) is 4.79 Å². The van der Waals surface area contributed by atoms with E-state index in [-0.39, 0.29) is 41.8 Å². The third kappa shape index (κ3) is 5.29. The molecule has 0 unspecified atom stereocenters. The Morgan fingerprint density at radius 2 is 1.88 bits per heavy atom. The molecule has 0 N–H and O–H groups in total. The Kier molecular flexibility index (Phi) is 6.61. The largest absolute Gasteiger partial charge is 0.469 e. The van der Waals surface area contributed by atoms with Crippen LogP contribution in [0.25, 0.3) is 0 Å². The molecule has 2 fully saturated rings. The van der Waals surface area contributed by atoms with Crippen molar-refractivity contribution in [3.8, 4) is 0 Å². The average Bonchev–Trinajstić information content (AvgIpc) is 3.10. The summed E-state index contributed by atoms with van der Waals surface area (Å²) < 4.78 is 29.6. The molecule has 2 rings (SSSR count). The lowest BCUT2D eigenvalue weighted by Crippen LogP contribution is -2.52. The van der Waals surface area contributed by atoms with Crippen molar-refractivity contribution in [2.24, 2.45) is 0 Å². The molecule has 0 saturated carbocycles. The van der Waals surface area contributed by atoms with Crippen molar-refractivity contribution in [3.63, 3.8) is 0 Å². The molecular weight excluding hydrogens is 352 g/mol. The van der Waals surface area contributed by atoms with Crippen LogP contribution >= 0.6 is 0 Å². The van der Waals surface area contributed by atoms with Crippen molar-refractivity contribution in [1.29, 1.82) is 0 Å². The maximum atomic E-state index is 11.6. The van der Waals surface area contributed by atoms with E-state index in [0.717, 1.165) is 12.8 Å². The van der Waals surface area contributed by atoms with Crippen LogP contribution < -0.4 is 0 Å². The minimum absolute atomic E-state index is 0.0876. The SMILES string of the molecule is COC(=O)C[C@H]1CC[C@H]([C@H](O[Si](C)(C)C(C)(C)C)[C@H]2COC(C)(C)O2)O1. The summed E-state index contributed by atoms with van der Waals surface area (Å²) in [4.78, 5) is 11.6. The van der Waals surface area contributed by atoms with E-state index in [1.165, 1.54) is 7.11 Å². The maximum Gasteiger partial charge on any atom is 0.308 e. The first-order valence-electron chi connectivity index (χ1n) is 9.56. The molecule has 0 aromatic rings. The molecule has 2 heterocycles. The number of methoxy groups -OCH3 is 1. The number of carbonyl (C=O) groups is 1. The van der Waals surface area contributed by atoms with Gasteiger partial charge in [0, 0.05) is 0 Å². The maximum absolute atomic E-state index is 11.6. The lowest BCUT2D eigenvalue weighted by Gasteiger charge is -2.42. The minimum Gasteiger partial charge on any atom is -0.469 e. The Morgan fingerprint density at radius 3 is 2.38 bits per heavy atom. The number of esters is 1. The van der Waals surface area contributed by atoms with Crippen molar-refractivity contribution in [3.05, 3.63) is 0 Å². The zero-order valence-corrected chi connectivity index (χ0v) is 18.6. The van der Waals surface area contributed by atoms with Gasteiger partial charge in [0.15, 0.2) is 14.1 Å². The highest BCUT2D eigenvalue weighted by atomic mass is 28.4. The summed E-state index contributed by atoms with van der Waals surface area (Å²) in [6.07, 6.45) is 1.39. The van der Waals surface area contributed by atoms with Crippen molar-refractivity contribution in [2.75, 3.05) is 13.7 Å². The molecule has 0 radical (unpaired) electrons. The Balaban J connectivity index is 2.13. The number of carbonyl (C=O) groups excluding carboxylic acids is 1. The standard InChI is InChI=1S/C19H36O6Si/c1-18(2,3)26(7,8)25-17(15-12-22-19(4,5)24-15)14-10-9-13(23-14)11-16(20)21-6/h13-15,17H,9-12H2,1-8H3/t13-,14-,15-,17+/m1/s1. The fourth-order valence-corrected chi connectivity index (χ4v) is 4.52. The molecule has 2 aliphatic rings. The summed E-state index contributed by atoms with van der Waals surface area (Å²) in [6, 6.07) is 0. The number of ether oxygens (including phenoxy) is 4. The highest BCUT2D eigenvalue weighted by Crippen LogP contribution is 2.41. The van der Waals surface area contributed by atoms with Gasteiger partial charge in [0.25, 0.3) is 0 Å². The Bertz CT molecular complexity index is 499. The van der Waals surface area contributed by atoms with E-state index in [2.05, 4.69) is 33.9 Å². The zero-order chi connectivity index (χ0) is 19.8. The first-order chi connectivity index (χ1) is 11.8. The summed E-state index contributed by atoms with van der Waals surface area (Å²) in [7, 11) is -0.611. The smallest absolute Gasteiger partial charge is 0.308 e. The predicted octanol–water partition coefficient (Wildman–Crippen LogP) is 3.64. The normalized spacial score (nSPS) is 30.4. The molecule has 7 heteroatoms. The highest BCUT2D eigenvalue weighted by Gasteiger charge is 2.48. The van der Waals surface area contributed by atoms with Gasteiger partial charge in [-0.05, 0) is 44.8 Å². The second kappa shape index (κ2) is 7.87. The molecule has 0 aromatic carbocycles. The van der Waals surface area contributed by atoms with Gasteiger partial charge in [-0.2, -0.15) is 0 Å². The molecule has 0 spiro atoms. The quantitative estimate of drug-likeness (QED) is 0.511. The molecule has 26 heavy (non-hydrogen) atoms. The van der Waals surface area contributed by atoms with Crippen molar-refractivity contribution >= 4 is 14.3 Å².